The second-order valence-corrected chi connectivity index (χ2v) is 5.44. The van der Waals surface area contributed by atoms with Crippen LogP contribution in [0.25, 0.3) is 0 Å². The first-order chi connectivity index (χ1) is 9.63. The molecule has 0 unspecified atom stereocenters. The molecule has 0 aliphatic carbocycles. The van der Waals surface area contributed by atoms with Crippen LogP contribution in [-0.4, -0.2) is 48.7 Å². The molecule has 0 spiro atoms. The smallest absolute Gasteiger partial charge is 0.308 e. The van der Waals surface area contributed by atoms with E-state index in [-0.39, 0.29) is 36.8 Å². The van der Waals surface area contributed by atoms with Gasteiger partial charge in [-0.15, -0.1) is 0 Å². The van der Waals surface area contributed by atoms with Crippen LogP contribution in [0, 0.1) is 0 Å². The molecule has 2 rings (SSSR count). The predicted octanol–water partition coefficient (Wildman–Crippen LogP) is 1.58. The Bertz CT molecular complexity index is 340. The summed E-state index contributed by atoms with van der Waals surface area (Å²) in [6.07, 6.45) is 6.54. The van der Waals surface area contributed by atoms with Crippen molar-refractivity contribution < 1.29 is 24.1 Å². The lowest BCUT2D eigenvalue weighted by Gasteiger charge is -2.19. The van der Waals surface area contributed by atoms with Crippen molar-refractivity contribution in [1.29, 1.82) is 0 Å². The lowest BCUT2D eigenvalue weighted by atomic mass is 10.0. The molecule has 2 aliphatic heterocycles. The minimum Gasteiger partial charge on any atom is -0.469 e. The molecule has 2 saturated heterocycles. The molecule has 5 atom stereocenters. The first kappa shape index (κ1) is 15.5. The van der Waals surface area contributed by atoms with Crippen LogP contribution in [0.3, 0.4) is 0 Å². The fourth-order valence-electron chi connectivity index (χ4n) is 2.86. The second-order valence-electron chi connectivity index (χ2n) is 5.44. The molecule has 5 heteroatoms. The third kappa shape index (κ3) is 3.81. The first-order valence-electron chi connectivity index (χ1n) is 7.34. The Hall–Kier alpha value is -0.910. The first-order valence-corrected chi connectivity index (χ1v) is 7.34. The minimum absolute atomic E-state index is 0.000499. The van der Waals surface area contributed by atoms with E-state index in [1.165, 1.54) is 7.11 Å². The number of aliphatic hydroxyl groups is 1. The number of rotatable bonds is 6. The van der Waals surface area contributed by atoms with Crippen LogP contribution < -0.4 is 0 Å². The van der Waals surface area contributed by atoms with E-state index in [4.69, 9.17) is 9.47 Å². The van der Waals surface area contributed by atoms with Crippen molar-refractivity contribution in [3.8, 4) is 0 Å². The van der Waals surface area contributed by atoms with Gasteiger partial charge in [-0.2, -0.15) is 0 Å². The number of aliphatic hydroxyl groups excluding tert-OH is 1. The molecule has 20 heavy (non-hydrogen) atoms. The van der Waals surface area contributed by atoms with E-state index in [1.807, 2.05) is 12.2 Å². The Balaban J connectivity index is 1.76. The van der Waals surface area contributed by atoms with E-state index in [1.54, 1.807) is 0 Å². The summed E-state index contributed by atoms with van der Waals surface area (Å²) in [6.45, 7) is 2.06. The zero-order valence-corrected chi connectivity index (χ0v) is 12.2. The summed E-state index contributed by atoms with van der Waals surface area (Å²) in [6, 6.07) is 0. The van der Waals surface area contributed by atoms with E-state index in [0.717, 1.165) is 6.42 Å². The van der Waals surface area contributed by atoms with Crippen molar-refractivity contribution in [2.75, 3.05) is 7.11 Å². The van der Waals surface area contributed by atoms with Gasteiger partial charge in [0, 0.05) is 12.8 Å². The number of allylic oxidation sites excluding steroid dienone is 1. The maximum atomic E-state index is 11.2. The van der Waals surface area contributed by atoms with Crippen molar-refractivity contribution in [3.05, 3.63) is 12.2 Å². The van der Waals surface area contributed by atoms with Crippen LogP contribution in [0.1, 0.15) is 39.0 Å². The molecule has 0 amide bonds. The SMILES string of the molecule is CCC=CC[C@H](O)[C@H]1C[C@H]2O[C@H](CC(=O)OC)C[C@H]2O1. The second kappa shape index (κ2) is 7.20. The van der Waals surface area contributed by atoms with Crippen molar-refractivity contribution in [2.24, 2.45) is 0 Å². The van der Waals surface area contributed by atoms with Gasteiger partial charge in [0.25, 0.3) is 0 Å². The van der Waals surface area contributed by atoms with E-state index in [9.17, 15) is 9.90 Å². The van der Waals surface area contributed by atoms with Crippen LogP contribution in [0.15, 0.2) is 12.2 Å². The van der Waals surface area contributed by atoms with Gasteiger partial charge in [0.1, 0.15) is 0 Å². The summed E-state index contributed by atoms with van der Waals surface area (Å²) in [5, 5.41) is 10.1. The molecule has 2 aliphatic rings. The van der Waals surface area contributed by atoms with Crippen molar-refractivity contribution in [2.45, 2.75) is 69.5 Å². The van der Waals surface area contributed by atoms with Crippen LogP contribution in [0.4, 0.5) is 0 Å². The highest BCUT2D eigenvalue weighted by molar-refractivity contribution is 5.69. The predicted molar refractivity (Wildman–Crippen MR) is 73.2 cm³/mol. The van der Waals surface area contributed by atoms with Gasteiger partial charge in [0.2, 0.25) is 0 Å². The van der Waals surface area contributed by atoms with Gasteiger partial charge >= 0.3 is 5.97 Å². The number of carbonyl (C=O) groups excluding carboxylic acids is 1. The topological polar surface area (TPSA) is 65.0 Å². The summed E-state index contributed by atoms with van der Waals surface area (Å²) in [5.41, 5.74) is 0. The molecular formula is C15H24O5. The number of hydrogen-bond acceptors (Lipinski definition) is 5. The average molecular weight is 284 g/mol. The van der Waals surface area contributed by atoms with Crippen LogP contribution in [0.2, 0.25) is 0 Å². The lowest BCUT2D eigenvalue weighted by molar-refractivity contribution is -0.143. The van der Waals surface area contributed by atoms with Gasteiger partial charge in [-0.25, -0.2) is 0 Å². The fourth-order valence-corrected chi connectivity index (χ4v) is 2.86. The van der Waals surface area contributed by atoms with Gasteiger partial charge < -0.3 is 19.3 Å². The molecule has 2 fully saturated rings. The van der Waals surface area contributed by atoms with Gasteiger partial charge in [-0.05, 0) is 12.8 Å². The number of ether oxygens (including phenoxy) is 3. The summed E-state index contributed by atoms with van der Waals surface area (Å²) in [7, 11) is 1.38. The molecule has 0 aromatic rings. The highest BCUT2D eigenvalue weighted by atomic mass is 16.6. The highest BCUT2D eigenvalue weighted by Gasteiger charge is 2.46. The Morgan fingerprint density at radius 3 is 2.75 bits per heavy atom. The normalized spacial score (nSPS) is 34.4. The standard InChI is InChI=1S/C15H24O5/c1-3-4-5-6-11(16)12-9-14-13(20-12)7-10(19-14)8-15(17)18-2/h4-5,10-14,16H,3,6-9H2,1-2H3/t10-,11-,12+,13+,14+/m0/s1. The summed E-state index contributed by atoms with van der Waals surface area (Å²) >= 11 is 0. The monoisotopic (exact) mass is 284 g/mol. The molecular weight excluding hydrogens is 260 g/mol. The van der Waals surface area contributed by atoms with Crippen molar-refractivity contribution in [1.82, 2.24) is 0 Å². The Morgan fingerprint density at radius 1 is 1.35 bits per heavy atom. The molecule has 2 heterocycles. The van der Waals surface area contributed by atoms with E-state index < -0.39 is 6.10 Å². The van der Waals surface area contributed by atoms with Crippen molar-refractivity contribution in [3.63, 3.8) is 0 Å². The number of hydrogen-bond donors (Lipinski definition) is 1. The summed E-state index contributed by atoms with van der Waals surface area (Å²) in [5.74, 6) is -0.253. The highest BCUT2D eigenvalue weighted by Crippen LogP contribution is 2.36. The average Bonchev–Trinajstić information content (AvgIpc) is 2.96. The molecule has 0 bridgehead atoms. The van der Waals surface area contributed by atoms with Gasteiger partial charge in [-0.3, -0.25) is 4.79 Å². The van der Waals surface area contributed by atoms with Gasteiger partial charge in [0.15, 0.2) is 0 Å². The molecule has 1 N–H and O–H groups in total. The van der Waals surface area contributed by atoms with Crippen LogP contribution >= 0.6 is 0 Å². The maximum absolute atomic E-state index is 11.2. The number of methoxy groups -OCH3 is 1. The Morgan fingerprint density at radius 2 is 2.10 bits per heavy atom. The molecule has 114 valence electrons. The molecule has 0 radical (unpaired) electrons. The third-order valence-electron chi connectivity index (χ3n) is 3.92. The summed E-state index contributed by atoms with van der Waals surface area (Å²) in [4.78, 5) is 11.2. The van der Waals surface area contributed by atoms with Crippen LogP contribution in [-0.2, 0) is 19.0 Å². The van der Waals surface area contributed by atoms with Crippen molar-refractivity contribution >= 4 is 5.97 Å². The molecule has 0 aromatic heterocycles. The minimum atomic E-state index is -0.481. The zero-order chi connectivity index (χ0) is 14.5. The maximum Gasteiger partial charge on any atom is 0.308 e. The number of carbonyl (C=O) groups is 1. The lowest BCUT2D eigenvalue weighted by Crippen LogP contribution is -2.27. The van der Waals surface area contributed by atoms with E-state index in [2.05, 4.69) is 11.7 Å². The van der Waals surface area contributed by atoms with Gasteiger partial charge in [-0.1, -0.05) is 19.1 Å². The zero-order valence-electron chi connectivity index (χ0n) is 12.2. The number of esters is 1. The molecule has 0 saturated carbocycles. The fraction of sp³-hybridized carbons (Fsp3) is 0.800. The van der Waals surface area contributed by atoms with E-state index in [0.29, 0.717) is 19.3 Å². The third-order valence-corrected chi connectivity index (χ3v) is 3.92. The molecule has 5 nitrogen and oxygen atoms in total. The summed E-state index contributed by atoms with van der Waals surface area (Å²) < 4.78 is 16.3. The quantitative estimate of drug-likeness (QED) is 0.592. The number of fused-ring (bicyclic) bond motifs is 1. The largest absolute Gasteiger partial charge is 0.469 e. The van der Waals surface area contributed by atoms with Crippen LogP contribution in [0.5, 0.6) is 0 Å². The Kier molecular flexibility index (Phi) is 5.57. The van der Waals surface area contributed by atoms with E-state index >= 15 is 0 Å². The molecule has 0 aromatic carbocycles. The Labute approximate surface area is 119 Å². The van der Waals surface area contributed by atoms with Gasteiger partial charge in [0.05, 0.1) is 44.1 Å².